The van der Waals surface area contributed by atoms with Crippen molar-refractivity contribution in [3.8, 4) is 0 Å². The lowest BCUT2D eigenvalue weighted by molar-refractivity contribution is -0.124. The molecule has 56 heavy (non-hydrogen) atoms. The average molecular weight is 795 g/mol. The Morgan fingerprint density at radius 2 is 0.732 bits per heavy atom. The summed E-state index contributed by atoms with van der Waals surface area (Å²) in [6, 6.07) is -3.46. The van der Waals surface area contributed by atoms with Crippen LogP contribution < -0.4 is 77.8 Å². The minimum absolute atomic E-state index is 0.0640. The van der Waals surface area contributed by atoms with Crippen LogP contribution in [0.1, 0.15) is 98.0 Å². The fraction of sp³-hybridized carbons (Fsp3) is 0.706. The van der Waals surface area contributed by atoms with E-state index in [0.29, 0.717) is 64.7 Å². The van der Waals surface area contributed by atoms with Crippen LogP contribution in [0.4, 0.5) is 11.6 Å². The molecule has 0 fully saturated rings. The first kappa shape index (κ1) is 49.3. The van der Waals surface area contributed by atoms with Gasteiger partial charge in [-0.25, -0.2) is 9.97 Å². The summed E-state index contributed by atoms with van der Waals surface area (Å²) in [5.74, 6) is -4.42. The molecule has 0 aromatic carbocycles. The van der Waals surface area contributed by atoms with Crippen LogP contribution in [-0.4, -0.2) is 122 Å². The van der Waals surface area contributed by atoms with Gasteiger partial charge in [-0.2, -0.15) is 0 Å². The maximum Gasteiger partial charge on any atom is 0.274 e. The molecule has 1 rings (SSSR count). The number of rotatable bonds is 30. The highest BCUT2D eigenvalue weighted by Gasteiger charge is 2.28. The molecule has 22 heteroatoms. The van der Waals surface area contributed by atoms with Gasteiger partial charge in [-0.15, -0.1) is 0 Å². The predicted molar refractivity (Wildman–Crippen MR) is 213 cm³/mol. The Balaban J connectivity index is 2.91. The molecule has 0 bridgehead atoms. The fourth-order valence-corrected chi connectivity index (χ4v) is 5.30. The van der Waals surface area contributed by atoms with Crippen LogP contribution in [0.5, 0.6) is 0 Å². The average Bonchev–Trinajstić information content (AvgIpc) is 3.17. The number of carbonyl (C=O) groups excluding carboxylic acids is 6. The van der Waals surface area contributed by atoms with E-state index in [-0.39, 0.29) is 50.8 Å². The van der Waals surface area contributed by atoms with Gasteiger partial charge >= 0.3 is 0 Å². The lowest BCUT2D eigenvalue weighted by atomic mass is 10.1. The lowest BCUT2D eigenvalue weighted by Crippen LogP contribution is -2.50. The molecular weight excluding hydrogens is 728 g/mol. The summed E-state index contributed by atoms with van der Waals surface area (Å²) in [6.07, 6.45) is 6.54. The zero-order chi connectivity index (χ0) is 41.9. The number of unbranched alkanes of at least 4 members (excludes halogenated alkanes) is 4. The van der Waals surface area contributed by atoms with Crippen LogP contribution in [0.25, 0.3) is 0 Å². The van der Waals surface area contributed by atoms with Crippen LogP contribution in [0.3, 0.4) is 0 Å². The van der Waals surface area contributed by atoms with Gasteiger partial charge in [0.2, 0.25) is 23.6 Å². The number of nitrogen functional groups attached to an aromatic ring is 2. The molecule has 0 unspecified atom stereocenters. The minimum atomic E-state index is -1.03. The highest BCUT2D eigenvalue weighted by atomic mass is 16.2. The van der Waals surface area contributed by atoms with E-state index in [4.69, 9.17) is 45.9 Å². The molecule has 0 spiro atoms. The van der Waals surface area contributed by atoms with E-state index in [0.717, 1.165) is 25.7 Å². The van der Waals surface area contributed by atoms with Gasteiger partial charge in [-0.1, -0.05) is 12.8 Å². The monoisotopic (exact) mass is 795 g/mol. The van der Waals surface area contributed by atoms with Crippen molar-refractivity contribution in [2.75, 3.05) is 63.8 Å². The Labute approximate surface area is 328 Å². The van der Waals surface area contributed by atoms with Gasteiger partial charge < -0.3 is 77.8 Å². The van der Waals surface area contributed by atoms with Crippen molar-refractivity contribution in [2.24, 2.45) is 34.4 Å². The molecule has 0 aliphatic rings. The highest BCUT2D eigenvalue weighted by Crippen LogP contribution is 2.15. The van der Waals surface area contributed by atoms with Gasteiger partial charge in [0.15, 0.2) is 23.0 Å². The third-order valence-corrected chi connectivity index (χ3v) is 8.58. The molecule has 22 N–H and O–H groups in total. The number of nitrogens with two attached hydrogens (primary N) is 8. The quantitative estimate of drug-likeness (QED) is 0.0326. The molecule has 22 nitrogen and oxygen atoms in total. The van der Waals surface area contributed by atoms with Crippen LogP contribution >= 0.6 is 0 Å². The maximum atomic E-state index is 13.3. The van der Waals surface area contributed by atoms with E-state index in [2.05, 4.69) is 41.9 Å². The zero-order valence-corrected chi connectivity index (χ0v) is 32.4. The Hall–Kier alpha value is -4.74. The number of hydrogen-bond acceptors (Lipinski definition) is 16. The van der Waals surface area contributed by atoms with E-state index >= 15 is 0 Å². The first-order valence-corrected chi connectivity index (χ1v) is 19.3. The Morgan fingerprint density at radius 3 is 1.04 bits per heavy atom. The summed E-state index contributed by atoms with van der Waals surface area (Å²) in [4.78, 5) is 85.2. The number of hydrogen-bond donors (Lipinski definition) is 14. The van der Waals surface area contributed by atoms with Gasteiger partial charge in [-0.3, -0.25) is 28.8 Å². The molecular formula is C34H66N16O6. The number of nitrogens with zero attached hydrogens (tertiary/aromatic N) is 2. The van der Waals surface area contributed by atoms with Crippen LogP contribution in [0.2, 0.25) is 0 Å². The summed E-state index contributed by atoms with van der Waals surface area (Å²) >= 11 is 0. The molecule has 318 valence electrons. The van der Waals surface area contributed by atoms with Crippen molar-refractivity contribution in [1.82, 2.24) is 41.9 Å². The molecule has 0 radical (unpaired) electrons. The molecule has 6 amide bonds. The summed E-state index contributed by atoms with van der Waals surface area (Å²) in [6.45, 7) is 2.11. The molecule has 1 aromatic rings. The van der Waals surface area contributed by atoms with Crippen LogP contribution in [0, 0.1) is 0 Å². The summed E-state index contributed by atoms with van der Waals surface area (Å²) < 4.78 is 0. The van der Waals surface area contributed by atoms with Crippen molar-refractivity contribution in [2.45, 2.75) is 101 Å². The Morgan fingerprint density at radius 1 is 0.446 bits per heavy atom. The first-order chi connectivity index (χ1) is 26.8. The number of nitrogens with one attached hydrogen (secondary N) is 6. The molecule has 0 aliphatic carbocycles. The van der Waals surface area contributed by atoms with E-state index in [1.807, 2.05) is 0 Å². The third kappa shape index (κ3) is 19.2. The van der Waals surface area contributed by atoms with Crippen molar-refractivity contribution < 1.29 is 28.8 Å². The third-order valence-electron chi connectivity index (χ3n) is 8.58. The number of carbonyl (C=O) groups is 6. The summed E-state index contributed by atoms with van der Waals surface area (Å²) in [7, 11) is 0. The topological polar surface area (TPSA) is 409 Å². The number of anilines is 2. The SMILES string of the molecule is NCCCC[C@H](NC(=O)c1nc(N)c(C(=O)N[C@@H](CCCCN)C(=O)NCCNC(=O)[C@@H](N)CCCCN)nc1N)C(=O)NCCNC(=O)[C@@H](N)CCCCN. The van der Waals surface area contributed by atoms with Crippen LogP contribution in [-0.2, 0) is 19.2 Å². The van der Waals surface area contributed by atoms with Crippen molar-refractivity contribution in [3.05, 3.63) is 11.4 Å². The second kappa shape index (κ2) is 28.6. The largest absolute Gasteiger partial charge is 0.382 e. The van der Waals surface area contributed by atoms with E-state index in [1.165, 1.54) is 0 Å². The standard InChI is InChI=1S/C34H66N16O6/c35-13-5-1-9-21(39)29(51)43-17-19-45-31(53)23(11-3-7-15-37)47-33(55)25-27(41)50-26(28(42)49-25)34(56)48-24(12-4-8-16-38)32(54)46-20-18-44-30(52)22(40)10-2-6-14-36/h21-24H,1-20,35-40H2,(H2,42,49)(H2,41,50)(H,43,51)(H,44,52)(H,45,53)(H,46,54)(H,47,55)(H,48,56)/t21-,22-,23-,24-/m0/s1. The zero-order valence-electron chi connectivity index (χ0n) is 32.4. The molecule has 0 saturated heterocycles. The van der Waals surface area contributed by atoms with E-state index in [9.17, 15) is 28.8 Å². The summed E-state index contributed by atoms with van der Waals surface area (Å²) in [5, 5.41) is 15.8. The molecule has 0 aliphatic heterocycles. The van der Waals surface area contributed by atoms with Crippen LogP contribution in [0.15, 0.2) is 0 Å². The second-order valence-electron chi connectivity index (χ2n) is 13.3. The van der Waals surface area contributed by atoms with E-state index < -0.39 is 70.8 Å². The van der Waals surface area contributed by atoms with Crippen molar-refractivity contribution in [3.63, 3.8) is 0 Å². The molecule has 1 heterocycles. The number of aromatic nitrogens is 2. The van der Waals surface area contributed by atoms with Crippen molar-refractivity contribution in [1.29, 1.82) is 0 Å². The second-order valence-corrected chi connectivity index (χ2v) is 13.3. The normalized spacial score (nSPS) is 13.1. The number of amides is 6. The van der Waals surface area contributed by atoms with Gasteiger partial charge in [0, 0.05) is 26.2 Å². The summed E-state index contributed by atoms with van der Waals surface area (Å²) in [5.41, 5.74) is 45.2. The fourth-order valence-electron chi connectivity index (χ4n) is 5.30. The first-order valence-electron chi connectivity index (χ1n) is 19.3. The van der Waals surface area contributed by atoms with Crippen molar-refractivity contribution >= 4 is 47.1 Å². The Bertz CT molecular complexity index is 1280. The van der Waals surface area contributed by atoms with Gasteiger partial charge in [-0.05, 0) is 90.4 Å². The highest BCUT2D eigenvalue weighted by molar-refractivity contribution is 6.03. The predicted octanol–water partition coefficient (Wildman–Crippen LogP) is -4.53. The van der Waals surface area contributed by atoms with Gasteiger partial charge in [0.1, 0.15) is 12.1 Å². The minimum Gasteiger partial charge on any atom is -0.382 e. The van der Waals surface area contributed by atoms with E-state index in [1.54, 1.807) is 0 Å². The Kier molecular flexibility index (Phi) is 25.2. The molecule has 4 atom stereocenters. The van der Waals surface area contributed by atoms with Gasteiger partial charge in [0.05, 0.1) is 12.1 Å². The lowest BCUT2D eigenvalue weighted by Gasteiger charge is -2.20. The smallest absolute Gasteiger partial charge is 0.274 e. The maximum absolute atomic E-state index is 13.3. The molecule has 0 saturated carbocycles. The van der Waals surface area contributed by atoms with Gasteiger partial charge in [0.25, 0.3) is 11.8 Å². The molecule has 1 aromatic heterocycles.